The maximum absolute atomic E-state index is 12.4. The molecule has 0 saturated heterocycles. The molecule has 0 bridgehead atoms. The number of benzene rings is 1. The smallest absolute Gasteiger partial charge is 0.339 e. The summed E-state index contributed by atoms with van der Waals surface area (Å²) in [5.74, 6) is 0.320. The van der Waals surface area contributed by atoms with Crippen molar-refractivity contribution in [3.8, 4) is 5.75 Å². The Bertz CT molecular complexity index is 1110. The van der Waals surface area contributed by atoms with Crippen molar-refractivity contribution in [2.24, 2.45) is 0 Å². The highest BCUT2D eigenvalue weighted by molar-refractivity contribution is 5.86. The highest BCUT2D eigenvalue weighted by Crippen LogP contribution is 2.32. The van der Waals surface area contributed by atoms with Gasteiger partial charge in [-0.2, -0.15) is 0 Å². The lowest BCUT2D eigenvalue weighted by molar-refractivity contribution is -0.127. The van der Waals surface area contributed by atoms with Gasteiger partial charge in [-0.05, 0) is 68.9 Å². The number of nitrogens with one attached hydrogen (secondary N) is 1. The summed E-state index contributed by atoms with van der Waals surface area (Å²) in [6.07, 6.45) is 6.49. The first-order chi connectivity index (χ1) is 14.0. The highest BCUT2D eigenvalue weighted by Gasteiger charge is 2.21. The molecule has 29 heavy (non-hydrogen) atoms. The van der Waals surface area contributed by atoms with Gasteiger partial charge >= 0.3 is 5.63 Å². The summed E-state index contributed by atoms with van der Waals surface area (Å²) in [5, 5.41) is 3.82. The third-order valence-electron chi connectivity index (χ3n) is 5.45. The zero-order valence-electron chi connectivity index (χ0n) is 16.7. The second-order valence-corrected chi connectivity index (χ2v) is 7.46. The van der Waals surface area contributed by atoms with E-state index in [9.17, 15) is 9.59 Å². The van der Waals surface area contributed by atoms with Crippen molar-refractivity contribution in [2.75, 3.05) is 0 Å². The van der Waals surface area contributed by atoms with Gasteiger partial charge in [0.15, 0.2) is 6.10 Å². The Morgan fingerprint density at radius 3 is 2.79 bits per heavy atom. The second-order valence-electron chi connectivity index (χ2n) is 7.46. The van der Waals surface area contributed by atoms with Gasteiger partial charge in [0, 0.05) is 35.5 Å². The van der Waals surface area contributed by atoms with Crippen LogP contribution in [0.25, 0.3) is 11.0 Å². The molecular weight excluding hydrogens is 368 g/mol. The van der Waals surface area contributed by atoms with Crippen molar-refractivity contribution in [3.05, 3.63) is 69.3 Å². The largest absolute Gasteiger partial charge is 0.480 e. The van der Waals surface area contributed by atoms with E-state index in [1.807, 2.05) is 31.2 Å². The van der Waals surface area contributed by atoms with Crippen LogP contribution in [0.4, 0.5) is 0 Å². The summed E-state index contributed by atoms with van der Waals surface area (Å²) < 4.78 is 11.5. The van der Waals surface area contributed by atoms with Crippen molar-refractivity contribution in [1.82, 2.24) is 10.3 Å². The molecule has 4 rings (SSSR count). The van der Waals surface area contributed by atoms with E-state index in [0.29, 0.717) is 17.9 Å². The van der Waals surface area contributed by atoms with Gasteiger partial charge in [-0.25, -0.2) is 4.79 Å². The van der Waals surface area contributed by atoms with Gasteiger partial charge in [0.1, 0.15) is 11.3 Å². The molecule has 2 heterocycles. The van der Waals surface area contributed by atoms with Gasteiger partial charge in [0.2, 0.25) is 0 Å². The molecule has 1 N–H and O–H groups in total. The Kier molecular flexibility index (Phi) is 5.34. The number of amides is 1. The Hall–Kier alpha value is -3.15. The molecule has 150 valence electrons. The fraction of sp³-hybridized carbons (Fsp3) is 0.348. The van der Waals surface area contributed by atoms with Gasteiger partial charge in [-0.3, -0.25) is 9.78 Å². The number of fused-ring (bicyclic) bond motifs is 3. The van der Waals surface area contributed by atoms with Gasteiger partial charge in [0.25, 0.3) is 5.91 Å². The summed E-state index contributed by atoms with van der Waals surface area (Å²) in [6, 6.07) is 7.52. The molecule has 2 aromatic heterocycles. The van der Waals surface area contributed by atoms with Crippen LogP contribution in [0.3, 0.4) is 0 Å². The number of hydrogen-bond acceptors (Lipinski definition) is 5. The summed E-state index contributed by atoms with van der Waals surface area (Å²) in [5.41, 5.74) is 3.85. The fourth-order valence-electron chi connectivity index (χ4n) is 3.83. The van der Waals surface area contributed by atoms with Crippen molar-refractivity contribution in [2.45, 2.75) is 52.2 Å². The average Bonchev–Trinajstić information content (AvgIpc) is 2.75. The number of nitrogens with zero attached hydrogens (tertiary/aromatic N) is 1. The molecule has 1 atom stereocenters. The lowest BCUT2D eigenvalue weighted by atomic mass is 9.90. The lowest BCUT2D eigenvalue weighted by Crippen LogP contribution is -2.36. The van der Waals surface area contributed by atoms with Crippen LogP contribution in [0, 0.1) is 6.92 Å². The number of hydrogen-bond donors (Lipinski definition) is 1. The zero-order chi connectivity index (χ0) is 20.4. The number of carbonyl (C=O) groups is 1. The standard InChI is InChI=1S/C23H24N2O4/c1-14-20(28-15(2)22(26)25-13-16-6-5-11-24-12-16)10-9-18-17-7-3-4-8-19(17)23(27)29-21(14)18/h5-6,9-12,15H,3-4,7-8,13H2,1-2H3,(H,25,26). The van der Waals surface area contributed by atoms with Crippen LogP contribution in [-0.4, -0.2) is 17.0 Å². The van der Waals surface area contributed by atoms with E-state index in [-0.39, 0.29) is 11.5 Å². The molecule has 1 aromatic carbocycles. The number of aromatic nitrogens is 1. The molecule has 1 aliphatic rings. The van der Waals surface area contributed by atoms with Crippen molar-refractivity contribution in [3.63, 3.8) is 0 Å². The van der Waals surface area contributed by atoms with E-state index in [1.165, 1.54) is 0 Å². The molecule has 1 unspecified atom stereocenters. The fourth-order valence-corrected chi connectivity index (χ4v) is 3.83. The predicted octanol–water partition coefficient (Wildman–Crippen LogP) is 3.46. The van der Waals surface area contributed by atoms with Crippen LogP contribution in [0.2, 0.25) is 0 Å². The Balaban J connectivity index is 1.54. The number of rotatable bonds is 5. The van der Waals surface area contributed by atoms with Gasteiger partial charge < -0.3 is 14.5 Å². The number of aryl methyl sites for hydroxylation is 2. The maximum Gasteiger partial charge on any atom is 0.339 e. The molecule has 0 radical (unpaired) electrons. The maximum atomic E-state index is 12.4. The average molecular weight is 392 g/mol. The Morgan fingerprint density at radius 1 is 1.24 bits per heavy atom. The van der Waals surface area contributed by atoms with Crippen LogP contribution in [0.15, 0.2) is 45.9 Å². The summed E-state index contributed by atoms with van der Waals surface area (Å²) in [7, 11) is 0. The first kappa shape index (κ1) is 19.2. The van der Waals surface area contributed by atoms with Crippen LogP contribution >= 0.6 is 0 Å². The first-order valence-corrected chi connectivity index (χ1v) is 9.96. The van der Waals surface area contributed by atoms with Gasteiger partial charge in [-0.15, -0.1) is 0 Å². The Labute approximate surface area is 168 Å². The van der Waals surface area contributed by atoms with Crippen molar-refractivity contribution >= 4 is 16.9 Å². The predicted molar refractivity (Wildman–Crippen MR) is 110 cm³/mol. The molecule has 3 aromatic rings. The SMILES string of the molecule is Cc1c(OC(C)C(=O)NCc2cccnc2)ccc2c3c(c(=O)oc12)CCCC3. The first-order valence-electron chi connectivity index (χ1n) is 9.96. The molecule has 1 amide bonds. The van der Waals surface area contributed by atoms with Crippen molar-refractivity contribution in [1.29, 1.82) is 0 Å². The van der Waals surface area contributed by atoms with Crippen LogP contribution in [-0.2, 0) is 24.2 Å². The van der Waals surface area contributed by atoms with Crippen LogP contribution in [0.5, 0.6) is 5.75 Å². The summed E-state index contributed by atoms with van der Waals surface area (Å²) in [6.45, 7) is 3.94. The molecule has 0 saturated carbocycles. The quantitative estimate of drug-likeness (QED) is 0.673. The third kappa shape index (κ3) is 3.88. The molecule has 0 spiro atoms. The van der Waals surface area contributed by atoms with Gasteiger partial charge in [0.05, 0.1) is 0 Å². The molecular formula is C23H24N2O4. The van der Waals surface area contributed by atoms with E-state index < -0.39 is 6.10 Å². The number of carbonyl (C=O) groups excluding carboxylic acids is 1. The minimum Gasteiger partial charge on any atom is -0.480 e. The van der Waals surface area contributed by atoms with E-state index in [4.69, 9.17) is 9.15 Å². The summed E-state index contributed by atoms with van der Waals surface area (Å²) >= 11 is 0. The number of ether oxygens (including phenoxy) is 1. The van der Waals surface area contributed by atoms with Crippen molar-refractivity contribution < 1.29 is 13.9 Å². The lowest BCUT2D eigenvalue weighted by Gasteiger charge is -2.19. The molecule has 0 fully saturated rings. The van der Waals surface area contributed by atoms with Crippen LogP contribution in [0.1, 0.15) is 42.0 Å². The van der Waals surface area contributed by atoms with E-state index in [0.717, 1.165) is 53.3 Å². The Morgan fingerprint density at radius 2 is 2.03 bits per heavy atom. The number of pyridine rings is 1. The van der Waals surface area contributed by atoms with E-state index in [1.54, 1.807) is 19.3 Å². The van der Waals surface area contributed by atoms with E-state index >= 15 is 0 Å². The monoisotopic (exact) mass is 392 g/mol. The molecule has 6 nitrogen and oxygen atoms in total. The minimum absolute atomic E-state index is 0.222. The normalized spacial score (nSPS) is 14.3. The third-order valence-corrected chi connectivity index (χ3v) is 5.45. The summed E-state index contributed by atoms with van der Waals surface area (Å²) in [4.78, 5) is 28.9. The minimum atomic E-state index is -0.688. The van der Waals surface area contributed by atoms with Crippen LogP contribution < -0.4 is 15.7 Å². The molecule has 1 aliphatic carbocycles. The molecule has 6 heteroatoms. The zero-order valence-corrected chi connectivity index (χ0v) is 16.7. The highest BCUT2D eigenvalue weighted by atomic mass is 16.5. The van der Waals surface area contributed by atoms with Gasteiger partial charge in [-0.1, -0.05) is 6.07 Å². The van der Waals surface area contributed by atoms with E-state index in [2.05, 4.69) is 10.3 Å². The second kappa shape index (κ2) is 8.07. The topological polar surface area (TPSA) is 81.4 Å². The molecule has 0 aliphatic heterocycles.